The molecular weight excluding hydrogens is 229 g/mol. The summed E-state index contributed by atoms with van der Waals surface area (Å²) >= 11 is 0. The van der Waals surface area contributed by atoms with Gasteiger partial charge >= 0.3 is 6.18 Å². The van der Waals surface area contributed by atoms with E-state index in [0.29, 0.717) is 11.5 Å². The Hall–Kier alpha value is -1.03. The van der Waals surface area contributed by atoms with E-state index in [0.717, 1.165) is 25.0 Å². The zero-order chi connectivity index (χ0) is 12.6. The summed E-state index contributed by atoms with van der Waals surface area (Å²) in [5.41, 5.74) is -0.107. The predicted octanol–water partition coefficient (Wildman–Crippen LogP) is 3.78. The first-order valence-corrected chi connectivity index (χ1v) is 5.75. The highest BCUT2D eigenvalue weighted by Crippen LogP contribution is 2.42. The van der Waals surface area contributed by atoms with Crippen LogP contribution in [0.4, 0.5) is 13.2 Å². The van der Waals surface area contributed by atoms with E-state index < -0.39 is 17.8 Å². The summed E-state index contributed by atoms with van der Waals surface area (Å²) in [5.74, 6) is 0.638. The lowest BCUT2D eigenvalue weighted by atomic mass is 9.93. The Labute approximate surface area is 98.3 Å². The van der Waals surface area contributed by atoms with Gasteiger partial charge in [-0.05, 0) is 42.4 Å². The van der Waals surface area contributed by atoms with E-state index in [-0.39, 0.29) is 5.92 Å². The maximum absolute atomic E-state index is 12.4. The third kappa shape index (κ3) is 2.80. The van der Waals surface area contributed by atoms with Crippen LogP contribution in [0, 0.1) is 11.8 Å². The van der Waals surface area contributed by atoms with Gasteiger partial charge in [0.1, 0.15) is 0 Å². The van der Waals surface area contributed by atoms with Crippen LogP contribution in [-0.2, 0) is 6.18 Å². The average Bonchev–Trinajstić information content (AvgIpc) is 3.10. The summed E-state index contributed by atoms with van der Waals surface area (Å²) in [4.78, 5) is 0. The molecule has 1 aliphatic rings. The molecule has 1 aliphatic carbocycles. The predicted molar refractivity (Wildman–Crippen MR) is 58.3 cm³/mol. The van der Waals surface area contributed by atoms with Gasteiger partial charge in [0.15, 0.2) is 0 Å². The molecular formula is C13H15F3O. The summed E-state index contributed by atoms with van der Waals surface area (Å²) in [6.07, 6.45) is -2.76. The second kappa shape index (κ2) is 4.33. The second-order valence-corrected chi connectivity index (χ2v) is 4.76. The number of halogens is 3. The van der Waals surface area contributed by atoms with E-state index in [2.05, 4.69) is 0 Å². The lowest BCUT2D eigenvalue weighted by molar-refractivity contribution is -0.137. The maximum atomic E-state index is 12.4. The smallest absolute Gasteiger partial charge is 0.388 e. The molecule has 0 aromatic heterocycles. The Morgan fingerprint density at radius 1 is 1.18 bits per heavy atom. The molecule has 4 heteroatoms. The van der Waals surface area contributed by atoms with Crippen molar-refractivity contribution in [2.45, 2.75) is 32.0 Å². The molecule has 0 amide bonds. The molecule has 1 aromatic rings. The largest absolute Gasteiger partial charge is 0.416 e. The zero-order valence-electron chi connectivity index (χ0n) is 9.54. The number of aliphatic hydroxyl groups excluding tert-OH is 1. The van der Waals surface area contributed by atoms with Gasteiger partial charge in [-0.25, -0.2) is 0 Å². The monoisotopic (exact) mass is 244 g/mol. The molecule has 17 heavy (non-hydrogen) atoms. The molecule has 0 saturated heterocycles. The molecule has 1 aromatic carbocycles. The Morgan fingerprint density at radius 2 is 1.71 bits per heavy atom. The fourth-order valence-corrected chi connectivity index (χ4v) is 2.05. The second-order valence-electron chi connectivity index (χ2n) is 4.76. The van der Waals surface area contributed by atoms with Crippen LogP contribution < -0.4 is 0 Å². The fourth-order valence-electron chi connectivity index (χ4n) is 2.05. The van der Waals surface area contributed by atoms with Crippen molar-refractivity contribution in [1.82, 2.24) is 0 Å². The van der Waals surface area contributed by atoms with Gasteiger partial charge in [-0.15, -0.1) is 0 Å². The van der Waals surface area contributed by atoms with Crippen LogP contribution in [-0.4, -0.2) is 5.11 Å². The van der Waals surface area contributed by atoms with Gasteiger partial charge in [0.25, 0.3) is 0 Å². The molecule has 0 radical (unpaired) electrons. The van der Waals surface area contributed by atoms with Gasteiger partial charge in [-0.1, -0.05) is 19.1 Å². The Bertz CT molecular complexity index is 379. The third-order valence-electron chi connectivity index (χ3n) is 3.44. The maximum Gasteiger partial charge on any atom is 0.416 e. The van der Waals surface area contributed by atoms with Gasteiger partial charge in [0.05, 0.1) is 11.7 Å². The van der Waals surface area contributed by atoms with Crippen molar-refractivity contribution < 1.29 is 18.3 Å². The van der Waals surface area contributed by atoms with Crippen LogP contribution in [0.15, 0.2) is 24.3 Å². The summed E-state index contributed by atoms with van der Waals surface area (Å²) in [7, 11) is 0. The number of aliphatic hydroxyl groups is 1. The van der Waals surface area contributed by atoms with Crippen LogP contribution in [0.5, 0.6) is 0 Å². The van der Waals surface area contributed by atoms with Crippen molar-refractivity contribution in [3.8, 4) is 0 Å². The quantitative estimate of drug-likeness (QED) is 0.857. The van der Waals surface area contributed by atoms with Gasteiger partial charge in [0, 0.05) is 0 Å². The van der Waals surface area contributed by atoms with Gasteiger partial charge < -0.3 is 5.11 Å². The van der Waals surface area contributed by atoms with E-state index in [1.807, 2.05) is 6.92 Å². The molecule has 0 aliphatic heterocycles. The molecule has 0 spiro atoms. The van der Waals surface area contributed by atoms with Gasteiger partial charge in [0.2, 0.25) is 0 Å². The Morgan fingerprint density at radius 3 is 2.12 bits per heavy atom. The summed E-state index contributed by atoms with van der Waals surface area (Å²) < 4.78 is 37.1. The molecule has 0 heterocycles. The van der Waals surface area contributed by atoms with Crippen molar-refractivity contribution in [3.63, 3.8) is 0 Å². The first kappa shape index (κ1) is 12.4. The van der Waals surface area contributed by atoms with Crippen LogP contribution in [0.2, 0.25) is 0 Å². The molecule has 2 unspecified atom stereocenters. The van der Waals surface area contributed by atoms with E-state index in [4.69, 9.17) is 0 Å². The molecule has 94 valence electrons. The molecule has 0 bridgehead atoms. The summed E-state index contributed by atoms with van der Waals surface area (Å²) in [6.45, 7) is 1.94. The van der Waals surface area contributed by atoms with Gasteiger partial charge in [-0.3, -0.25) is 0 Å². The zero-order valence-corrected chi connectivity index (χ0v) is 9.54. The minimum absolute atomic E-state index is 0.117. The van der Waals surface area contributed by atoms with Crippen molar-refractivity contribution in [3.05, 3.63) is 35.4 Å². The van der Waals surface area contributed by atoms with E-state index >= 15 is 0 Å². The van der Waals surface area contributed by atoms with Crippen molar-refractivity contribution in [2.75, 3.05) is 0 Å². The minimum atomic E-state index is -4.31. The third-order valence-corrected chi connectivity index (χ3v) is 3.44. The number of hydrogen-bond donors (Lipinski definition) is 1. The van der Waals surface area contributed by atoms with Crippen molar-refractivity contribution in [1.29, 1.82) is 0 Å². The highest BCUT2D eigenvalue weighted by atomic mass is 19.4. The van der Waals surface area contributed by atoms with Crippen molar-refractivity contribution in [2.24, 2.45) is 11.8 Å². The summed E-state index contributed by atoms with van der Waals surface area (Å²) in [5, 5.41) is 10.0. The first-order chi connectivity index (χ1) is 7.89. The lowest BCUT2D eigenvalue weighted by Gasteiger charge is -2.19. The first-order valence-electron chi connectivity index (χ1n) is 5.75. The minimum Gasteiger partial charge on any atom is -0.388 e. The van der Waals surface area contributed by atoms with E-state index in [9.17, 15) is 18.3 Å². The lowest BCUT2D eigenvalue weighted by Crippen LogP contribution is -2.12. The Balaban J connectivity index is 2.11. The topological polar surface area (TPSA) is 20.2 Å². The normalized spacial score (nSPS) is 20.1. The molecule has 2 rings (SSSR count). The number of alkyl halides is 3. The SMILES string of the molecule is CC(C1CC1)C(O)c1ccc(C(F)(F)F)cc1. The molecule has 1 N–H and O–H groups in total. The molecule has 1 nitrogen and oxygen atoms in total. The number of benzene rings is 1. The van der Waals surface area contributed by atoms with Crippen LogP contribution in [0.3, 0.4) is 0 Å². The van der Waals surface area contributed by atoms with E-state index in [1.165, 1.54) is 12.1 Å². The highest BCUT2D eigenvalue weighted by molar-refractivity contribution is 5.26. The molecule has 1 saturated carbocycles. The van der Waals surface area contributed by atoms with Gasteiger partial charge in [-0.2, -0.15) is 13.2 Å². The Kier molecular flexibility index (Phi) is 3.17. The molecule has 2 atom stereocenters. The highest BCUT2D eigenvalue weighted by Gasteiger charge is 2.34. The van der Waals surface area contributed by atoms with Crippen molar-refractivity contribution >= 4 is 0 Å². The average molecular weight is 244 g/mol. The fraction of sp³-hybridized carbons (Fsp3) is 0.538. The number of hydrogen-bond acceptors (Lipinski definition) is 1. The van der Waals surface area contributed by atoms with Crippen LogP contribution >= 0.6 is 0 Å². The number of rotatable bonds is 3. The van der Waals surface area contributed by atoms with Crippen LogP contribution in [0.25, 0.3) is 0 Å². The molecule has 1 fully saturated rings. The van der Waals surface area contributed by atoms with E-state index in [1.54, 1.807) is 0 Å². The van der Waals surface area contributed by atoms with Crippen LogP contribution in [0.1, 0.15) is 37.0 Å². The summed E-state index contributed by atoms with van der Waals surface area (Å²) in [6, 6.07) is 4.79. The standard InChI is InChI=1S/C13H15F3O/c1-8(9-2-3-9)12(17)10-4-6-11(7-5-10)13(14,15)16/h4-9,12,17H,2-3H2,1H3.